The smallest absolute Gasteiger partial charge is 0.308 e. The van der Waals surface area contributed by atoms with Crippen molar-refractivity contribution in [3.05, 3.63) is 0 Å². The minimum absolute atomic E-state index is 0.0247. The van der Waals surface area contributed by atoms with Crippen LogP contribution in [0.2, 0.25) is 0 Å². The molecule has 0 amide bonds. The van der Waals surface area contributed by atoms with E-state index in [1.165, 1.54) is 0 Å². The molecule has 5 heteroatoms. The van der Waals surface area contributed by atoms with Crippen LogP contribution in [-0.2, 0) is 9.53 Å². The molecule has 1 atom stereocenters. The van der Waals surface area contributed by atoms with E-state index in [1.807, 2.05) is 18.7 Å². The Hall–Kier alpha value is -0.260. The minimum atomic E-state index is -0.659. The lowest BCUT2D eigenvalue weighted by Gasteiger charge is -2.36. The van der Waals surface area contributed by atoms with Crippen LogP contribution in [-0.4, -0.2) is 47.4 Å². The van der Waals surface area contributed by atoms with Gasteiger partial charge in [-0.05, 0) is 45.3 Å². The predicted octanol–water partition coefficient (Wildman–Crippen LogP) is 2.20. The molecule has 0 spiro atoms. The number of hydrogen-bond acceptors (Lipinski definition) is 5. The van der Waals surface area contributed by atoms with Crippen LogP contribution in [0.3, 0.4) is 0 Å². The maximum atomic E-state index is 11.7. The molecule has 1 rings (SSSR count). The van der Waals surface area contributed by atoms with Crippen LogP contribution in [0, 0.1) is 5.92 Å². The molecule has 0 saturated heterocycles. The predicted molar refractivity (Wildman–Crippen MR) is 84.0 cm³/mol. The summed E-state index contributed by atoms with van der Waals surface area (Å²) in [5.74, 6) is 2.06. The molecule has 0 aromatic rings. The van der Waals surface area contributed by atoms with E-state index in [1.54, 1.807) is 0 Å². The number of thioether (sulfide) groups is 1. The summed E-state index contributed by atoms with van der Waals surface area (Å²) in [6, 6.07) is 0.409. The standard InChI is InChI=1S/C15H29NO3S/c1-4-19-14(17)13-6-8-15(18,9-7-13)11-16-12(3)10-20-5-2/h12-13,16,18H,4-11H2,1-3H3. The van der Waals surface area contributed by atoms with E-state index in [2.05, 4.69) is 19.2 Å². The third-order valence-corrected chi connectivity index (χ3v) is 5.03. The van der Waals surface area contributed by atoms with E-state index in [4.69, 9.17) is 4.74 Å². The quantitative estimate of drug-likeness (QED) is 0.673. The molecular formula is C15H29NO3S. The highest BCUT2D eigenvalue weighted by molar-refractivity contribution is 7.99. The van der Waals surface area contributed by atoms with Crippen molar-refractivity contribution in [1.82, 2.24) is 5.32 Å². The van der Waals surface area contributed by atoms with Gasteiger partial charge in [0.2, 0.25) is 0 Å². The highest BCUT2D eigenvalue weighted by atomic mass is 32.2. The third-order valence-electron chi connectivity index (χ3n) is 3.89. The average molecular weight is 303 g/mol. The van der Waals surface area contributed by atoms with Crippen LogP contribution in [0.4, 0.5) is 0 Å². The van der Waals surface area contributed by atoms with E-state index in [9.17, 15) is 9.90 Å². The van der Waals surface area contributed by atoms with Crippen LogP contribution in [0.1, 0.15) is 46.5 Å². The van der Waals surface area contributed by atoms with Gasteiger partial charge in [0.1, 0.15) is 0 Å². The van der Waals surface area contributed by atoms with Crippen molar-refractivity contribution in [2.24, 2.45) is 5.92 Å². The molecule has 1 aliphatic rings. The fourth-order valence-corrected chi connectivity index (χ4v) is 3.25. The van der Waals surface area contributed by atoms with E-state index in [-0.39, 0.29) is 11.9 Å². The zero-order valence-electron chi connectivity index (χ0n) is 13.0. The van der Waals surface area contributed by atoms with Gasteiger partial charge in [0, 0.05) is 18.3 Å². The molecule has 20 heavy (non-hydrogen) atoms. The Morgan fingerprint density at radius 2 is 2.10 bits per heavy atom. The van der Waals surface area contributed by atoms with Crippen molar-refractivity contribution in [1.29, 1.82) is 0 Å². The van der Waals surface area contributed by atoms with Crippen LogP contribution >= 0.6 is 11.8 Å². The monoisotopic (exact) mass is 303 g/mol. The Morgan fingerprint density at radius 1 is 1.45 bits per heavy atom. The maximum Gasteiger partial charge on any atom is 0.308 e. The molecule has 1 saturated carbocycles. The zero-order chi connectivity index (χ0) is 15.0. The van der Waals surface area contributed by atoms with Crippen molar-refractivity contribution in [3.63, 3.8) is 0 Å². The summed E-state index contributed by atoms with van der Waals surface area (Å²) in [6.45, 7) is 7.19. The first-order chi connectivity index (χ1) is 9.50. The Morgan fingerprint density at radius 3 is 2.65 bits per heavy atom. The largest absolute Gasteiger partial charge is 0.466 e. The SMILES string of the molecule is CCOC(=O)C1CCC(O)(CNC(C)CSCC)CC1. The molecule has 0 aliphatic heterocycles. The second kappa shape index (κ2) is 8.90. The molecular weight excluding hydrogens is 274 g/mol. The Balaban J connectivity index is 2.29. The van der Waals surface area contributed by atoms with Gasteiger partial charge in [0.25, 0.3) is 0 Å². The molecule has 0 aromatic heterocycles. The number of hydrogen-bond donors (Lipinski definition) is 2. The van der Waals surface area contributed by atoms with Crippen molar-refractivity contribution < 1.29 is 14.6 Å². The van der Waals surface area contributed by atoms with Crippen LogP contribution in [0.5, 0.6) is 0 Å². The molecule has 118 valence electrons. The van der Waals surface area contributed by atoms with Gasteiger partial charge < -0.3 is 15.2 Å². The summed E-state index contributed by atoms with van der Waals surface area (Å²) >= 11 is 1.91. The van der Waals surface area contributed by atoms with E-state index < -0.39 is 5.60 Å². The Kier molecular flexibility index (Phi) is 7.92. The van der Waals surface area contributed by atoms with Crippen molar-refractivity contribution >= 4 is 17.7 Å². The maximum absolute atomic E-state index is 11.7. The highest BCUT2D eigenvalue weighted by Gasteiger charge is 2.36. The number of nitrogens with one attached hydrogen (secondary N) is 1. The second-order valence-corrected chi connectivity index (χ2v) is 7.01. The van der Waals surface area contributed by atoms with E-state index in [0.29, 0.717) is 32.0 Å². The van der Waals surface area contributed by atoms with Gasteiger partial charge in [-0.2, -0.15) is 11.8 Å². The first-order valence-electron chi connectivity index (χ1n) is 7.71. The van der Waals surface area contributed by atoms with Crippen molar-refractivity contribution in [2.75, 3.05) is 24.7 Å². The van der Waals surface area contributed by atoms with Crippen molar-refractivity contribution in [2.45, 2.75) is 58.1 Å². The van der Waals surface area contributed by atoms with Crippen LogP contribution in [0.25, 0.3) is 0 Å². The minimum Gasteiger partial charge on any atom is -0.466 e. The summed E-state index contributed by atoms with van der Waals surface area (Å²) in [6.07, 6.45) is 2.82. The average Bonchev–Trinajstić information content (AvgIpc) is 2.44. The summed E-state index contributed by atoms with van der Waals surface area (Å²) in [4.78, 5) is 11.7. The first kappa shape index (κ1) is 17.8. The van der Waals surface area contributed by atoms with E-state index >= 15 is 0 Å². The molecule has 1 unspecified atom stereocenters. The number of carbonyl (C=O) groups is 1. The van der Waals surface area contributed by atoms with Gasteiger partial charge in [-0.25, -0.2) is 0 Å². The molecule has 1 fully saturated rings. The Bertz CT molecular complexity index is 291. The third kappa shape index (κ3) is 6.02. The summed E-state index contributed by atoms with van der Waals surface area (Å²) < 4.78 is 5.05. The molecule has 0 aromatic carbocycles. The molecule has 0 heterocycles. The molecule has 0 radical (unpaired) electrons. The molecule has 2 N–H and O–H groups in total. The highest BCUT2D eigenvalue weighted by Crippen LogP contribution is 2.32. The molecule has 1 aliphatic carbocycles. The fourth-order valence-electron chi connectivity index (χ4n) is 2.55. The zero-order valence-corrected chi connectivity index (χ0v) is 13.8. The van der Waals surface area contributed by atoms with Crippen molar-refractivity contribution in [3.8, 4) is 0 Å². The van der Waals surface area contributed by atoms with E-state index in [0.717, 1.165) is 24.3 Å². The number of esters is 1. The number of aliphatic hydroxyl groups is 1. The molecule has 0 bridgehead atoms. The van der Waals surface area contributed by atoms with Crippen LogP contribution < -0.4 is 5.32 Å². The molecule has 4 nitrogen and oxygen atoms in total. The number of carbonyl (C=O) groups excluding carboxylic acids is 1. The van der Waals surface area contributed by atoms with Gasteiger partial charge in [-0.3, -0.25) is 4.79 Å². The topological polar surface area (TPSA) is 58.6 Å². The van der Waals surface area contributed by atoms with Gasteiger partial charge in [0.05, 0.1) is 18.1 Å². The number of ether oxygens (including phenoxy) is 1. The van der Waals surface area contributed by atoms with Gasteiger partial charge in [-0.15, -0.1) is 0 Å². The normalized spacial score (nSPS) is 28.1. The van der Waals surface area contributed by atoms with Crippen LogP contribution in [0.15, 0.2) is 0 Å². The lowest BCUT2D eigenvalue weighted by molar-refractivity contribution is -0.151. The second-order valence-electron chi connectivity index (χ2n) is 5.69. The van der Waals surface area contributed by atoms with Gasteiger partial charge in [-0.1, -0.05) is 6.92 Å². The lowest BCUT2D eigenvalue weighted by atomic mass is 9.78. The summed E-state index contributed by atoms with van der Waals surface area (Å²) in [7, 11) is 0. The van der Waals surface area contributed by atoms with Gasteiger partial charge in [0.15, 0.2) is 0 Å². The first-order valence-corrected chi connectivity index (χ1v) is 8.86. The fraction of sp³-hybridized carbons (Fsp3) is 0.933. The summed E-state index contributed by atoms with van der Waals surface area (Å²) in [5, 5.41) is 14.0. The Labute approximate surface area is 127 Å². The summed E-state index contributed by atoms with van der Waals surface area (Å²) in [5.41, 5.74) is -0.659. The number of rotatable bonds is 8. The van der Waals surface area contributed by atoms with Gasteiger partial charge >= 0.3 is 5.97 Å². The lowest BCUT2D eigenvalue weighted by Crippen LogP contribution is -2.47.